The van der Waals surface area contributed by atoms with Crippen molar-refractivity contribution in [2.75, 3.05) is 7.11 Å². The fraction of sp³-hybridized carbons (Fsp3) is 0.250. The van der Waals surface area contributed by atoms with Gasteiger partial charge in [-0.15, -0.1) is 13.2 Å². The maximum absolute atomic E-state index is 12.8. The van der Waals surface area contributed by atoms with Crippen LogP contribution in [0, 0.1) is 0 Å². The molecule has 2 rings (SSSR count). The van der Waals surface area contributed by atoms with E-state index in [1.165, 1.54) is 36.4 Å². The highest BCUT2D eigenvalue weighted by molar-refractivity contribution is 5.64. The third kappa shape index (κ3) is 4.64. The van der Waals surface area contributed by atoms with Gasteiger partial charge in [-0.2, -0.15) is 13.2 Å². The molecule has 0 heterocycles. The van der Waals surface area contributed by atoms with E-state index >= 15 is 0 Å². The van der Waals surface area contributed by atoms with Crippen molar-refractivity contribution in [1.82, 2.24) is 0 Å². The van der Waals surface area contributed by atoms with Crippen LogP contribution in [-0.4, -0.2) is 19.6 Å². The Morgan fingerprint density at radius 3 is 1.58 bits per heavy atom. The first-order valence-electron chi connectivity index (χ1n) is 6.66. The van der Waals surface area contributed by atoms with Crippen LogP contribution >= 0.6 is 0 Å². The molecule has 0 aliphatic heterocycles. The summed E-state index contributed by atoms with van der Waals surface area (Å²) in [6, 6.07) is 10.4. The molecule has 24 heavy (non-hydrogen) atoms. The van der Waals surface area contributed by atoms with Gasteiger partial charge in [-0.25, -0.2) is 0 Å². The van der Waals surface area contributed by atoms with Gasteiger partial charge in [0, 0.05) is 7.11 Å². The van der Waals surface area contributed by atoms with E-state index in [4.69, 9.17) is 0 Å². The second-order valence-electron chi connectivity index (χ2n) is 4.85. The summed E-state index contributed by atoms with van der Waals surface area (Å²) in [4.78, 5) is 0. The molecular weight excluding hydrogens is 338 g/mol. The first-order chi connectivity index (χ1) is 11.1. The van der Waals surface area contributed by atoms with E-state index in [2.05, 4.69) is 9.47 Å². The Morgan fingerprint density at radius 2 is 1.21 bits per heavy atom. The van der Waals surface area contributed by atoms with Crippen molar-refractivity contribution in [3.63, 3.8) is 0 Å². The third-order valence-electron chi connectivity index (χ3n) is 3.17. The lowest BCUT2D eigenvalue weighted by atomic mass is 10.0. The van der Waals surface area contributed by atoms with Crippen molar-refractivity contribution in [2.24, 2.45) is 0 Å². The molecule has 130 valence electrons. The van der Waals surface area contributed by atoms with Gasteiger partial charge in [0.05, 0.1) is 0 Å². The smallest absolute Gasteiger partial charge is 0.406 e. The summed E-state index contributed by atoms with van der Waals surface area (Å²) in [5, 5.41) is 0. The summed E-state index contributed by atoms with van der Waals surface area (Å²) >= 11 is 0. The summed E-state index contributed by atoms with van der Waals surface area (Å²) in [7, 11) is 0.964. The molecule has 0 saturated heterocycles. The van der Waals surface area contributed by atoms with Gasteiger partial charge in [0.25, 0.3) is 0 Å². The van der Waals surface area contributed by atoms with E-state index in [1.807, 2.05) is 0 Å². The fourth-order valence-electron chi connectivity index (χ4n) is 2.16. The van der Waals surface area contributed by atoms with Crippen molar-refractivity contribution >= 4 is 0 Å². The maximum atomic E-state index is 12.8. The molecule has 1 atom stereocenters. The average molecular weight is 350 g/mol. The minimum Gasteiger partial charge on any atom is -0.406 e. The number of methoxy groups -OCH3 is 1. The second kappa shape index (κ2) is 6.72. The van der Waals surface area contributed by atoms with E-state index in [-0.39, 0.29) is 11.3 Å². The molecule has 1 unspecified atom stereocenters. The minimum absolute atomic E-state index is 0.0641. The SMILES string of the molecule is COC(c1ccc(-c2ccc(OC(F)(F)F)cc2)cc1)C(F)(F)F. The lowest BCUT2D eigenvalue weighted by molar-refractivity contribution is -0.274. The Morgan fingerprint density at radius 1 is 0.750 bits per heavy atom. The predicted octanol–water partition coefficient (Wildman–Crippen LogP) is 5.50. The van der Waals surface area contributed by atoms with Crippen LogP contribution < -0.4 is 4.74 Å². The highest BCUT2D eigenvalue weighted by Gasteiger charge is 2.41. The molecule has 0 amide bonds. The number of hydrogen-bond donors (Lipinski definition) is 0. The van der Waals surface area contributed by atoms with E-state index in [9.17, 15) is 26.3 Å². The van der Waals surface area contributed by atoms with E-state index in [1.54, 1.807) is 0 Å². The van der Waals surface area contributed by atoms with Gasteiger partial charge in [-0.05, 0) is 28.8 Å². The van der Waals surface area contributed by atoms with Gasteiger partial charge in [0.1, 0.15) is 5.75 Å². The largest absolute Gasteiger partial charge is 0.573 e. The third-order valence-corrected chi connectivity index (χ3v) is 3.17. The van der Waals surface area contributed by atoms with Crippen LogP contribution in [0.2, 0.25) is 0 Å². The summed E-state index contributed by atoms with van der Waals surface area (Å²) in [5.41, 5.74) is 1.03. The van der Waals surface area contributed by atoms with Gasteiger partial charge in [0.15, 0.2) is 6.10 Å². The first kappa shape index (κ1) is 18.1. The van der Waals surface area contributed by atoms with Crippen molar-refractivity contribution in [3.05, 3.63) is 54.1 Å². The normalized spacial score (nSPS) is 13.6. The Bertz CT molecular complexity index is 659. The molecule has 0 aliphatic rings. The molecule has 0 bridgehead atoms. The Hall–Kier alpha value is -2.22. The van der Waals surface area contributed by atoms with Crippen molar-refractivity contribution in [2.45, 2.75) is 18.6 Å². The second-order valence-corrected chi connectivity index (χ2v) is 4.85. The van der Waals surface area contributed by atoms with Gasteiger partial charge < -0.3 is 9.47 Å². The number of alkyl halides is 6. The number of rotatable bonds is 4. The zero-order valence-electron chi connectivity index (χ0n) is 12.3. The fourth-order valence-corrected chi connectivity index (χ4v) is 2.16. The van der Waals surface area contributed by atoms with Crippen LogP contribution in [-0.2, 0) is 4.74 Å². The molecule has 2 aromatic carbocycles. The number of benzene rings is 2. The number of ether oxygens (including phenoxy) is 2. The van der Waals surface area contributed by atoms with Crippen molar-refractivity contribution in [1.29, 1.82) is 0 Å². The molecule has 0 spiro atoms. The van der Waals surface area contributed by atoms with Gasteiger partial charge >= 0.3 is 12.5 Å². The summed E-state index contributed by atoms with van der Waals surface area (Å²) in [6.45, 7) is 0. The summed E-state index contributed by atoms with van der Waals surface area (Å²) < 4.78 is 82.8. The topological polar surface area (TPSA) is 18.5 Å². The monoisotopic (exact) mass is 350 g/mol. The molecule has 0 N–H and O–H groups in total. The highest BCUT2D eigenvalue weighted by atomic mass is 19.4. The molecule has 2 aromatic rings. The average Bonchev–Trinajstić information content (AvgIpc) is 2.46. The lowest BCUT2D eigenvalue weighted by Crippen LogP contribution is -2.22. The van der Waals surface area contributed by atoms with Crippen molar-refractivity contribution < 1.29 is 35.8 Å². The Labute approximate surface area is 133 Å². The molecule has 0 aromatic heterocycles. The minimum atomic E-state index is -4.78. The van der Waals surface area contributed by atoms with Crippen LogP contribution in [0.5, 0.6) is 5.75 Å². The molecule has 0 radical (unpaired) electrons. The molecular formula is C16H12F6O2. The van der Waals surface area contributed by atoms with Gasteiger partial charge in [-0.1, -0.05) is 36.4 Å². The molecule has 8 heteroatoms. The quantitative estimate of drug-likeness (QED) is 0.678. The van der Waals surface area contributed by atoms with E-state index in [0.29, 0.717) is 11.1 Å². The van der Waals surface area contributed by atoms with E-state index < -0.39 is 18.6 Å². The number of hydrogen-bond acceptors (Lipinski definition) is 2. The molecule has 0 saturated carbocycles. The van der Waals surface area contributed by atoms with Gasteiger partial charge in [0.2, 0.25) is 0 Å². The molecule has 2 nitrogen and oxygen atoms in total. The zero-order valence-corrected chi connectivity index (χ0v) is 12.3. The summed E-state index contributed by atoms with van der Waals surface area (Å²) in [5.74, 6) is -0.376. The maximum Gasteiger partial charge on any atom is 0.573 e. The highest BCUT2D eigenvalue weighted by Crippen LogP contribution is 2.36. The van der Waals surface area contributed by atoms with Crippen LogP contribution in [0.15, 0.2) is 48.5 Å². The Balaban J connectivity index is 2.19. The van der Waals surface area contributed by atoms with Gasteiger partial charge in [-0.3, -0.25) is 0 Å². The number of halogens is 6. The van der Waals surface area contributed by atoms with Crippen LogP contribution in [0.3, 0.4) is 0 Å². The summed E-state index contributed by atoms with van der Waals surface area (Å²) in [6.07, 6.45) is -11.3. The van der Waals surface area contributed by atoms with Crippen molar-refractivity contribution in [3.8, 4) is 16.9 Å². The predicted molar refractivity (Wildman–Crippen MR) is 74.4 cm³/mol. The zero-order chi connectivity index (χ0) is 18.0. The van der Waals surface area contributed by atoms with Crippen LogP contribution in [0.1, 0.15) is 11.7 Å². The first-order valence-corrected chi connectivity index (χ1v) is 6.66. The van der Waals surface area contributed by atoms with Crippen LogP contribution in [0.25, 0.3) is 11.1 Å². The standard InChI is InChI=1S/C16H12F6O2/c1-23-14(15(17,18)19)12-4-2-10(3-5-12)11-6-8-13(9-7-11)24-16(20,21)22/h2-9,14H,1H3. The molecule has 0 aliphatic carbocycles. The lowest BCUT2D eigenvalue weighted by Gasteiger charge is -2.19. The van der Waals surface area contributed by atoms with E-state index in [0.717, 1.165) is 19.2 Å². The van der Waals surface area contributed by atoms with Crippen LogP contribution in [0.4, 0.5) is 26.3 Å². The molecule has 0 fully saturated rings. The Kier molecular flexibility index (Phi) is 5.08.